The topological polar surface area (TPSA) is 72.0 Å². The molecule has 2 N–H and O–H groups in total. The van der Waals surface area contributed by atoms with E-state index in [2.05, 4.69) is 25.8 Å². The summed E-state index contributed by atoms with van der Waals surface area (Å²) in [7, 11) is 0. The van der Waals surface area contributed by atoms with E-state index >= 15 is 0 Å². The molecule has 2 aromatic carbocycles. The SMILES string of the molecule is CC(C)Nc1cnnc(Nc2ccccc2Oc2ccccc2)n1. The molecule has 0 unspecified atom stereocenters. The summed E-state index contributed by atoms with van der Waals surface area (Å²) in [6.07, 6.45) is 1.59. The monoisotopic (exact) mass is 321 g/mol. The fraction of sp³-hybridized carbons (Fsp3) is 0.167. The van der Waals surface area contributed by atoms with E-state index in [-0.39, 0.29) is 6.04 Å². The second kappa shape index (κ2) is 7.41. The summed E-state index contributed by atoms with van der Waals surface area (Å²) in [4.78, 5) is 4.40. The third-order valence-corrected chi connectivity index (χ3v) is 3.10. The van der Waals surface area contributed by atoms with Crippen molar-refractivity contribution >= 4 is 17.5 Å². The van der Waals surface area contributed by atoms with Crippen LogP contribution in [0.3, 0.4) is 0 Å². The van der Waals surface area contributed by atoms with Crippen molar-refractivity contribution in [2.75, 3.05) is 10.6 Å². The standard InChI is InChI=1S/C18H19N5O/c1-13(2)20-17-12-19-23-18(22-17)21-15-10-6-7-11-16(15)24-14-8-4-3-5-9-14/h3-13H,1-2H3,(H2,20,21,22,23). The van der Waals surface area contributed by atoms with Crippen LogP contribution in [0.5, 0.6) is 11.5 Å². The van der Waals surface area contributed by atoms with Crippen LogP contribution < -0.4 is 15.4 Å². The van der Waals surface area contributed by atoms with Crippen LogP contribution in [-0.4, -0.2) is 21.2 Å². The van der Waals surface area contributed by atoms with E-state index in [1.165, 1.54) is 0 Å². The van der Waals surface area contributed by atoms with Crippen molar-refractivity contribution in [2.45, 2.75) is 19.9 Å². The predicted octanol–water partition coefficient (Wildman–Crippen LogP) is 4.23. The smallest absolute Gasteiger partial charge is 0.249 e. The lowest BCUT2D eigenvalue weighted by molar-refractivity contribution is 0.485. The molecule has 0 aliphatic rings. The van der Waals surface area contributed by atoms with E-state index in [0.29, 0.717) is 17.5 Å². The minimum absolute atomic E-state index is 0.267. The Morgan fingerprint density at radius 3 is 2.50 bits per heavy atom. The summed E-state index contributed by atoms with van der Waals surface area (Å²) < 4.78 is 5.92. The molecule has 0 fully saturated rings. The molecule has 122 valence electrons. The molecule has 0 amide bonds. The molecule has 0 aliphatic heterocycles. The largest absolute Gasteiger partial charge is 0.455 e. The first-order valence-electron chi connectivity index (χ1n) is 7.76. The molecule has 6 nitrogen and oxygen atoms in total. The van der Waals surface area contributed by atoms with Gasteiger partial charge in [0.2, 0.25) is 5.95 Å². The van der Waals surface area contributed by atoms with Crippen LogP contribution in [0.15, 0.2) is 60.8 Å². The van der Waals surface area contributed by atoms with Gasteiger partial charge in [-0.05, 0) is 38.1 Å². The maximum absolute atomic E-state index is 5.92. The van der Waals surface area contributed by atoms with E-state index in [1.807, 2.05) is 68.4 Å². The Kier molecular flexibility index (Phi) is 4.86. The lowest BCUT2D eigenvalue weighted by Crippen LogP contribution is -2.12. The molecule has 1 aromatic heterocycles. The Balaban J connectivity index is 1.80. The van der Waals surface area contributed by atoms with Crippen LogP contribution >= 0.6 is 0 Å². The molecule has 0 aliphatic carbocycles. The highest BCUT2D eigenvalue weighted by molar-refractivity contribution is 5.63. The number of aromatic nitrogens is 3. The molecule has 0 spiro atoms. The van der Waals surface area contributed by atoms with Gasteiger partial charge >= 0.3 is 0 Å². The molecular formula is C18H19N5O. The molecule has 1 heterocycles. The normalized spacial score (nSPS) is 10.5. The Hall–Kier alpha value is -3.15. The van der Waals surface area contributed by atoms with Crippen LogP contribution in [0.25, 0.3) is 0 Å². The van der Waals surface area contributed by atoms with Gasteiger partial charge in [-0.3, -0.25) is 0 Å². The van der Waals surface area contributed by atoms with Gasteiger partial charge in [-0.1, -0.05) is 30.3 Å². The fourth-order valence-corrected chi connectivity index (χ4v) is 2.12. The zero-order valence-electron chi connectivity index (χ0n) is 13.6. The second-order valence-electron chi connectivity index (χ2n) is 5.50. The van der Waals surface area contributed by atoms with E-state index in [1.54, 1.807) is 6.20 Å². The summed E-state index contributed by atoms with van der Waals surface area (Å²) in [5.41, 5.74) is 0.768. The molecule has 0 saturated carbocycles. The molecule has 0 atom stereocenters. The molecule has 3 aromatic rings. The van der Waals surface area contributed by atoms with Crippen LogP contribution in [0.1, 0.15) is 13.8 Å². The first kappa shape index (κ1) is 15.7. The Morgan fingerprint density at radius 2 is 1.71 bits per heavy atom. The number of nitrogens with zero attached hydrogens (tertiary/aromatic N) is 3. The van der Waals surface area contributed by atoms with E-state index in [0.717, 1.165) is 11.4 Å². The van der Waals surface area contributed by atoms with E-state index in [4.69, 9.17) is 4.74 Å². The van der Waals surface area contributed by atoms with E-state index < -0.39 is 0 Å². The third-order valence-electron chi connectivity index (χ3n) is 3.10. The van der Waals surface area contributed by atoms with Gasteiger partial charge in [0.25, 0.3) is 0 Å². The summed E-state index contributed by atoms with van der Waals surface area (Å²) in [5.74, 6) is 2.53. The average Bonchev–Trinajstić information content (AvgIpc) is 2.57. The highest BCUT2D eigenvalue weighted by Crippen LogP contribution is 2.30. The highest BCUT2D eigenvalue weighted by Gasteiger charge is 2.08. The number of hydrogen-bond acceptors (Lipinski definition) is 6. The average molecular weight is 321 g/mol. The van der Waals surface area contributed by atoms with Gasteiger partial charge in [0, 0.05) is 6.04 Å². The van der Waals surface area contributed by atoms with Crippen molar-refractivity contribution in [3.8, 4) is 11.5 Å². The van der Waals surface area contributed by atoms with Gasteiger partial charge in [-0.25, -0.2) is 0 Å². The van der Waals surface area contributed by atoms with Gasteiger partial charge in [0.15, 0.2) is 11.6 Å². The number of hydrogen-bond donors (Lipinski definition) is 2. The zero-order chi connectivity index (χ0) is 16.8. The van der Waals surface area contributed by atoms with Gasteiger partial charge in [0.05, 0.1) is 11.9 Å². The number of anilines is 3. The number of benzene rings is 2. The minimum atomic E-state index is 0.267. The van der Waals surface area contributed by atoms with Crippen LogP contribution in [0.2, 0.25) is 0 Å². The first-order chi connectivity index (χ1) is 11.7. The summed E-state index contributed by atoms with van der Waals surface area (Å²) in [6, 6.07) is 17.5. The Labute approximate surface area is 140 Å². The summed E-state index contributed by atoms with van der Waals surface area (Å²) in [5, 5.41) is 14.3. The minimum Gasteiger partial charge on any atom is -0.455 e. The quantitative estimate of drug-likeness (QED) is 0.708. The van der Waals surface area contributed by atoms with Crippen molar-refractivity contribution in [3.05, 3.63) is 60.8 Å². The fourth-order valence-electron chi connectivity index (χ4n) is 2.12. The molecule has 24 heavy (non-hydrogen) atoms. The lowest BCUT2D eigenvalue weighted by Gasteiger charge is -2.13. The first-order valence-corrected chi connectivity index (χ1v) is 7.76. The van der Waals surface area contributed by atoms with Crippen molar-refractivity contribution in [1.29, 1.82) is 0 Å². The molecular weight excluding hydrogens is 302 g/mol. The van der Waals surface area contributed by atoms with Crippen molar-refractivity contribution in [1.82, 2.24) is 15.2 Å². The van der Waals surface area contributed by atoms with Gasteiger partial charge in [-0.15, -0.1) is 5.10 Å². The number of para-hydroxylation sites is 3. The van der Waals surface area contributed by atoms with Gasteiger partial charge < -0.3 is 15.4 Å². The van der Waals surface area contributed by atoms with Crippen LogP contribution in [-0.2, 0) is 0 Å². The highest BCUT2D eigenvalue weighted by atomic mass is 16.5. The number of ether oxygens (including phenoxy) is 1. The van der Waals surface area contributed by atoms with Crippen LogP contribution in [0, 0.1) is 0 Å². The maximum Gasteiger partial charge on any atom is 0.249 e. The molecule has 3 rings (SSSR count). The van der Waals surface area contributed by atoms with Crippen molar-refractivity contribution in [2.24, 2.45) is 0 Å². The summed E-state index contributed by atoms with van der Waals surface area (Å²) >= 11 is 0. The second-order valence-corrected chi connectivity index (χ2v) is 5.50. The number of nitrogens with one attached hydrogen (secondary N) is 2. The number of rotatable bonds is 6. The Morgan fingerprint density at radius 1 is 0.958 bits per heavy atom. The van der Waals surface area contributed by atoms with Crippen molar-refractivity contribution < 1.29 is 4.74 Å². The van der Waals surface area contributed by atoms with E-state index in [9.17, 15) is 0 Å². The lowest BCUT2D eigenvalue weighted by atomic mass is 10.3. The Bertz CT molecular complexity index is 792. The van der Waals surface area contributed by atoms with Crippen molar-refractivity contribution in [3.63, 3.8) is 0 Å². The third kappa shape index (κ3) is 4.19. The molecule has 0 saturated heterocycles. The predicted molar refractivity (Wildman–Crippen MR) is 94.8 cm³/mol. The van der Waals surface area contributed by atoms with Gasteiger partial charge in [-0.2, -0.15) is 10.1 Å². The summed E-state index contributed by atoms with van der Waals surface area (Å²) in [6.45, 7) is 4.08. The van der Waals surface area contributed by atoms with Crippen LogP contribution in [0.4, 0.5) is 17.5 Å². The molecule has 0 bridgehead atoms. The molecule has 6 heteroatoms. The van der Waals surface area contributed by atoms with Gasteiger partial charge in [0.1, 0.15) is 5.75 Å². The zero-order valence-corrected chi connectivity index (χ0v) is 13.6. The maximum atomic E-state index is 5.92. The molecule has 0 radical (unpaired) electrons.